The number of hydrogen-bond acceptors (Lipinski definition) is 8. The zero-order chi connectivity index (χ0) is 72.9. The Morgan fingerprint density at radius 3 is 0.367 bits per heavy atom. The minimum Gasteiger partial charge on any atom is -0.507 e. The normalized spacial score (nSPS) is 14.1. The van der Waals surface area contributed by atoms with Gasteiger partial charge in [-0.3, -0.25) is 0 Å². The predicted molar refractivity (Wildman–Crippen MR) is 407 cm³/mol. The van der Waals surface area contributed by atoms with Crippen LogP contribution < -0.4 is 9.47 Å². The van der Waals surface area contributed by atoms with E-state index in [1.807, 2.05) is 0 Å². The van der Waals surface area contributed by atoms with Gasteiger partial charge in [-0.2, -0.15) is 0 Å². The maximum absolute atomic E-state index is 13.0. The molecule has 0 heterocycles. The zero-order valence-electron chi connectivity index (χ0n) is 64.4. The van der Waals surface area contributed by atoms with Gasteiger partial charge in [0.25, 0.3) is 0 Å². The van der Waals surface area contributed by atoms with Crippen molar-refractivity contribution in [3.8, 4) is 46.0 Å². The van der Waals surface area contributed by atoms with Crippen LogP contribution in [0.15, 0.2) is 97.1 Å². The minimum atomic E-state index is -0.343. The van der Waals surface area contributed by atoms with Crippen molar-refractivity contribution in [1.29, 1.82) is 0 Å². The summed E-state index contributed by atoms with van der Waals surface area (Å²) < 4.78 is 13.1. The number of methoxy groups -OCH3 is 2. The van der Waals surface area contributed by atoms with Crippen LogP contribution in [-0.4, -0.2) is 44.9 Å². The number of hydrogen-bond donors (Lipinski definition) is 6. The number of aromatic hydroxyl groups is 6. The summed E-state index contributed by atoms with van der Waals surface area (Å²) in [6, 6.07) is 34.0. The maximum atomic E-state index is 13.0. The Kier molecular flexibility index (Phi) is 20.0. The molecule has 1 aliphatic rings. The molecule has 0 saturated heterocycles. The number of phenolic OH excluding ortho intramolecular Hbond substituents is 6. The molecule has 0 unspecified atom stereocenters. The minimum absolute atomic E-state index is 0.105. The van der Waals surface area contributed by atoms with Crippen molar-refractivity contribution in [2.45, 2.75) is 261 Å². The van der Waals surface area contributed by atoms with E-state index in [2.05, 4.69) is 263 Å². The molecule has 0 spiro atoms. The third kappa shape index (κ3) is 16.1. The highest BCUT2D eigenvalue weighted by molar-refractivity contribution is 5.62. The van der Waals surface area contributed by atoms with Gasteiger partial charge < -0.3 is 40.1 Å². The molecule has 8 nitrogen and oxygen atoms in total. The van der Waals surface area contributed by atoms with Crippen molar-refractivity contribution in [2.75, 3.05) is 14.2 Å². The molecule has 8 heteroatoms. The molecule has 9 rings (SSSR count). The third-order valence-corrected chi connectivity index (χ3v) is 20.5. The smallest absolute Gasteiger partial charge is 0.125 e. The Balaban J connectivity index is 1.36. The molecular formula is C90H116O8. The number of phenols is 6. The molecule has 0 saturated carbocycles. The number of rotatable bonds is 2. The van der Waals surface area contributed by atoms with Crippen LogP contribution in [0, 0.1) is 0 Å². The first-order valence-corrected chi connectivity index (χ1v) is 35.5. The van der Waals surface area contributed by atoms with Crippen LogP contribution in [-0.2, 0) is 94.7 Å². The molecule has 0 aliphatic heterocycles. The third-order valence-electron chi connectivity index (χ3n) is 20.5. The largest absolute Gasteiger partial charge is 0.507 e. The van der Waals surface area contributed by atoms with E-state index in [-0.39, 0.29) is 104 Å². The van der Waals surface area contributed by atoms with Crippen molar-refractivity contribution < 1.29 is 40.1 Å². The van der Waals surface area contributed by atoms with E-state index < -0.39 is 0 Å². The molecule has 8 aromatic rings. The van der Waals surface area contributed by atoms with Crippen molar-refractivity contribution in [2.24, 2.45) is 0 Å². The van der Waals surface area contributed by atoms with Crippen molar-refractivity contribution in [3.63, 3.8) is 0 Å². The molecule has 8 aromatic carbocycles. The van der Waals surface area contributed by atoms with Crippen molar-refractivity contribution in [3.05, 3.63) is 231 Å². The molecule has 0 amide bonds. The highest BCUT2D eigenvalue weighted by Crippen LogP contribution is 2.47. The fourth-order valence-corrected chi connectivity index (χ4v) is 13.8. The van der Waals surface area contributed by atoms with Gasteiger partial charge in [0.1, 0.15) is 46.0 Å². The second-order valence-electron chi connectivity index (χ2n) is 36.9. The standard InChI is InChI=1S/C90H116O8/c1-83(2,3)67-35-51-27-52-36-68(84(4,5)6)38-54(76(52)92)29-56-40-70(86(10,11)12)44-60(78(56)94)32-64-48-74(90(22,23)24)50-66(82(64)98-26)34-62-46-72(88(16,17)18)42-58(80(62)96)30-57-41-71(87(13,14)15)45-61(79(57)95)33-65-49-73(89(19,20)21)47-63(81(65)97-25)31-59-43-69(85(7,8)9)39-55(77(59)93)28-53(37-67)75(51)91/h35-50,91-96H,27-34H2,1-26H3. The quantitative estimate of drug-likeness (QED) is 0.101. The topological polar surface area (TPSA) is 140 Å². The summed E-state index contributed by atoms with van der Waals surface area (Å²) >= 11 is 0. The molecule has 6 N–H and O–H groups in total. The Hall–Kier alpha value is -7.84. The Labute approximate surface area is 588 Å². The van der Waals surface area contributed by atoms with Crippen LogP contribution in [0.4, 0.5) is 0 Å². The molecule has 0 aromatic heterocycles. The van der Waals surface area contributed by atoms with E-state index >= 15 is 0 Å². The molecule has 0 atom stereocenters. The summed E-state index contributed by atoms with van der Waals surface area (Å²) in [5, 5.41) is 77.5. The average Bonchev–Trinajstić information content (AvgIpc) is 0.779. The maximum Gasteiger partial charge on any atom is 0.125 e. The Morgan fingerprint density at radius 1 is 0.184 bits per heavy atom. The molecule has 0 radical (unpaired) electrons. The molecule has 16 bridgehead atoms. The summed E-state index contributed by atoms with van der Waals surface area (Å²) in [5.74, 6) is 2.14. The average molecular weight is 1330 g/mol. The number of fused-ring (bicyclic) bond motifs is 16. The van der Waals surface area contributed by atoms with Crippen LogP contribution in [0.25, 0.3) is 0 Å². The lowest BCUT2D eigenvalue weighted by Gasteiger charge is -2.27. The van der Waals surface area contributed by atoms with E-state index in [1.54, 1.807) is 14.2 Å². The van der Waals surface area contributed by atoms with Gasteiger partial charge in [0.05, 0.1) is 14.2 Å². The van der Waals surface area contributed by atoms with Gasteiger partial charge in [-0.15, -0.1) is 0 Å². The van der Waals surface area contributed by atoms with Crippen LogP contribution >= 0.6 is 0 Å². The summed E-state index contributed by atoms with van der Waals surface area (Å²) in [6.07, 6.45) is 2.22. The highest BCUT2D eigenvalue weighted by atomic mass is 16.5. The van der Waals surface area contributed by atoms with Crippen LogP contribution in [0.5, 0.6) is 46.0 Å². The molecular weight excluding hydrogens is 1210 g/mol. The van der Waals surface area contributed by atoms with Crippen molar-refractivity contribution in [1.82, 2.24) is 0 Å². The first kappa shape index (κ1) is 74.4. The Morgan fingerprint density at radius 2 is 0.276 bits per heavy atom. The highest BCUT2D eigenvalue weighted by Gasteiger charge is 2.32. The second kappa shape index (κ2) is 26.4. The van der Waals surface area contributed by atoms with Crippen LogP contribution in [0.2, 0.25) is 0 Å². The summed E-state index contributed by atoms with van der Waals surface area (Å²) in [4.78, 5) is 0. The molecule has 0 fully saturated rings. The van der Waals surface area contributed by atoms with E-state index in [0.717, 1.165) is 89.0 Å². The number of ether oxygens (including phenoxy) is 2. The predicted octanol–water partition coefficient (Wildman–Crippen LogP) is 21.4. The second-order valence-corrected chi connectivity index (χ2v) is 36.9. The van der Waals surface area contributed by atoms with Gasteiger partial charge in [0.2, 0.25) is 0 Å². The van der Waals surface area contributed by atoms with Crippen LogP contribution in [0.1, 0.15) is 300 Å². The van der Waals surface area contributed by atoms with Gasteiger partial charge in [-0.1, -0.05) is 263 Å². The lowest BCUT2D eigenvalue weighted by Crippen LogP contribution is -2.16. The molecule has 524 valence electrons. The van der Waals surface area contributed by atoms with Gasteiger partial charge in [0, 0.05) is 51.4 Å². The number of benzene rings is 8. The molecule has 98 heavy (non-hydrogen) atoms. The zero-order valence-corrected chi connectivity index (χ0v) is 64.4. The van der Waals surface area contributed by atoms with E-state index in [0.29, 0.717) is 81.7 Å². The van der Waals surface area contributed by atoms with Gasteiger partial charge in [-0.05, 0) is 177 Å². The monoisotopic (exact) mass is 1320 g/mol. The Bertz CT molecular complexity index is 4080. The summed E-state index contributed by atoms with van der Waals surface area (Å²) in [6.45, 7) is 52.4. The van der Waals surface area contributed by atoms with E-state index in [9.17, 15) is 30.6 Å². The summed E-state index contributed by atoms with van der Waals surface area (Å²) in [7, 11) is 3.40. The lowest BCUT2D eigenvalue weighted by atomic mass is 9.79. The van der Waals surface area contributed by atoms with Gasteiger partial charge in [-0.25, -0.2) is 0 Å². The van der Waals surface area contributed by atoms with Crippen LogP contribution in [0.3, 0.4) is 0 Å². The first-order valence-electron chi connectivity index (χ1n) is 35.5. The van der Waals surface area contributed by atoms with Gasteiger partial charge >= 0.3 is 0 Å². The van der Waals surface area contributed by atoms with E-state index in [1.165, 1.54) is 0 Å². The van der Waals surface area contributed by atoms with Crippen molar-refractivity contribution >= 4 is 0 Å². The van der Waals surface area contributed by atoms with Gasteiger partial charge in [0.15, 0.2) is 0 Å². The van der Waals surface area contributed by atoms with E-state index in [4.69, 9.17) is 9.47 Å². The lowest BCUT2D eigenvalue weighted by molar-refractivity contribution is 0.404. The molecule has 1 aliphatic carbocycles. The first-order chi connectivity index (χ1) is 44.9. The fourth-order valence-electron chi connectivity index (χ4n) is 13.8. The fraction of sp³-hybridized carbons (Fsp3) is 0.467. The SMILES string of the molecule is COc1c2cc(C(C)(C)C)cc1Cc1cc(C(C)(C)C)cc(c1O)Cc1cc(C(C)(C)C)cc(c1O)Cc1cc(C(C)(C)C)cc(c1OC)Cc1cc(C(C)(C)C)cc(c1O)Cc1cc(C(C)(C)C)cc(c1O)Cc1cc(C(C)(C)C)cc(c1O)Cc1cc(C(C)(C)C)cc(c1O)C2. The summed E-state index contributed by atoms with van der Waals surface area (Å²) in [5.41, 5.74) is 17.6.